The van der Waals surface area contributed by atoms with E-state index in [1.807, 2.05) is 23.6 Å². The van der Waals surface area contributed by atoms with Crippen LogP contribution in [0.5, 0.6) is 0 Å². The molecule has 0 N–H and O–H groups in total. The molecule has 0 amide bonds. The second kappa shape index (κ2) is 6.74. The summed E-state index contributed by atoms with van der Waals surface area (Å²) in [6.07, 6.45) is 1.69. The van der Waals surface area contributed by atoms with Crippen molar-refractivity contribution in [2.24, 2.45) is 0 Å². The second-order valence-corrected chi connectivity index (χ2v) is 6.06. The molecule has 3 rings (SSSR count). The molecule has 2 aromatic carbocycles. The van der Waals surface area contributed by atoms with E-state index in [2.05, 4.69) is 11.1 Å². The highest BCUT2D eigenvalue weighted by molar-refractivity contribution is 7.11. The lowest BCUT2D eigenvalue weighted by Crippen LogP contribution is -1.83. The van der Waals surface area contributed by atoms with Crippen LogP contribution in [0.25, 0.3) is 22.9 Å². The minimum atomic E-state index is -0.307. The topological polar surface area (TPSA) is 36.7 Å². The van der Waals surface area contributed by atoms with E-state index in [-0.39, 0.29) is 5.82 Å². The summed E-state index contributed by atoms with van der Waals surface area (Å²) in [6, 6.07) is 15.5. The molecule has 0 radical (unpaired) electrons. The van der Waals surface area contributed by atoms with Crippen molar-refractivity contribution in [3.05, 3.63) is 75.3 Å². The Morgan fingerprint density at radius 1 is 1.22 bits per heavy atom. The maximum Gasteiger partial charge on any atom is 0.134 e. The van der Waals surface area contributed by atoms with E-state index in [9.17, 15) is 9.65 Å². The van der Waals surface area contributed by atoms with Crippen molar-refractivity contribution in [1.29, 1.82) is 5.26 Å². The Morgan fingerprint density at radius 3 is 2.70 bits per heavy atom. The fourth-order valence-corrected chi connectivity index (χ4v) is 3.03. The Bertz CT molecular complexity index is 907. The predicted molar refractivity (Wildman–Crippen MR) is 92.4 cm³/mol. The molecule has 0 fully saturated rings. The van der Waals surface area contributed by atoms with Gasteiger partial charge in [0.1, 0.15) is 16.9 Å². The summed E-state index contributed by atoms with van der Waals surface area (Å²) in [5, 5.41) is 12.5. The Kier molecular flexibility index (Phi) is 4.52. The first-order chi connectivity index (χ1) is 11.2. The SMILES string of the molecule is N#C/C(=C\c1ccc(F)cc1)c1nc(-c2cccc(Cl)c2)cs1. The molecule has 23 heavy (non-hydrogen) atoms. The van der Waals surface area contributed by atoms with Gasteiger partial charge in [0, 0.05) is 16.0 Å². The van der Waals surface area contributed by atoms with Gasteiger partial charge >= 0.3 is 0 Å². The van der Waals surface area contributed by atoms with E-state index in [0.29, 0.717) is 15.6 Å². The summed E-state index contributed by atoms with van der Waals surface area (Å²) >= 11 is 7.38. The van der Waals surface area contributed by atoms with Crippen LogP contribution in [0.4, 0.5) is 4.39 Å². The minimum absolute atomic E-state index is 0.307. The van der Waals surface area contributed by atoms with Gasteiger partial charge in [-0.3, -0.25) is 0 Å². The van der Waals surface area contributed by atoms with E-state index < -0.39 is 0 Å². The van der Waals surface area contributed by atoms with E-state index >= 15 is 0 Å². The van der Waals surface area contributed by atoms with E-state index in [4.69, 9.17) is 11.6 Å². The Hall–Kier alpha value is -2.48. The average Bonchev–Trinajstić information content (AvgIpc) is 3.04. The summed E-state index contributed by atoms with van der Waals surface area (Å²) in [5.74, 6) is -0.307. The summed E-state index contributed by atoms with van der Waals surface area (Å²) in [7, 11) is 0. The van der Waals surface area contributed by atoms with Gasteiger partial charge < -0.3 is 0 Å². The van der Waals surface area contributed by atoms with Crippen molar-refractivity contribution >= 4 is 34.6 Å². The highest BCUT2D eigenvalue weighted by atomic mass is 35.5. The quantitative estimate of drug-likeness (QED) is 0.576. The normalized spacial score (nSPS) is 11.3. The molecule has 0 saturated heterocycles. The number of hydrogen-bond acceptors (Lipinski definition) is 3. The molecule has 1 heterocycles. The van der Waals surface area contributed by atoms with Gasteiger partial charge in [-0.2, -0.15) is 5.26 Å². The van der Waals surface area contributed by atoms with Gasteiger partial charge in [0.2, 0.25) is 0 Å². The van der Waals surface area contributed by atoms with Gasteiger partial charge in [-0.15, -0.1) is 11.3 Å². The van der Waals surface area contributed by atoms with E-state index in [1.165, 1.54) is 23.5 Å². The molecule has 2 nitrogen and oxygen atoms in total. The van der Waals surface area contributed by atoms with Crippen molar-refractivity contribution in [3.63, 3.8) is 0 Å². The highest BCUT2D eigenvalue weighted by Crippen LogP contribution is 2.28. The van der Waals surface area contributed by atoms with Crippen LogP contribution in [-0.4, -0.2) is 4.98 Å². The van der Waals surface area contributed by atoms with E-state index in [0.717, 1.165) is 16.8 Å². The van der Waals surface area contributed by atoms with Crippen LogP contribution in [0.2, 0.25) is 5.02 Å². The molecule has 5 heteroatoms. The molecule has 0 unspecified atom stereocenters. The summed E-state index contributed by atoms with van der Waals surface area (Å²) in [5.41, 5.74) is 2.86. The fourth-order valence-electron chi connectivity index (χ4n) is 2.05. The molecule has 0 spiro atoms. The first-order valence-corrected chi connectivity index (χ1v) is 8.00. The van der Waals surface area contributed by atoms with Crippen LogP contribution < -0.4 is 0 Å². The molecular formula is C18H10ClFN2S. The standard InChI is InChI=1S/C18H10ClFN2S/c19-15-3-1-2-13(9-15)17-11-23-18(22-17)14(10-21)8-12-4-6-16(20)7-5-12/h1-9,11H/b14-8+. The zero-order chi connectivity index (χ0) is 16.2. The molecule has 0 atom stereocenters. The number of halogens is 2. The lowest BCUT2D eigenvalue weighted by Gasteiger charge is -1.97. The third-order valence-electron chi connectivity index (χ3n) is 3.16. The Balaban J connectivity index is 1.94. The third-order valence-corrected chi connectivity index (χ3v) is 4.27. The zero-order valence-corrected chi connectivity index (χ0v) is 13.4. The van der Waals surface area contributed by atoms with Crippen LogP contribution in [0.1, 0.15) is 10.6 Å². The van der Waals surface area contributed by atoms with Crippen molar-refractivity contribution in [1.82, 2.24) is 4.98 Å². The van der Waals surface area contributed by atoms with Crippen LogP contribution in [0.15, 0.2) is 53.9 Å². The number of benzene rings is 2. The monoisotopic (exact) mass is 340 g/mol. The van der Waals surface area contributed by atoms with Gasteiger partial charge in [-0.05, 0) is 35.9 Å². The average molecular weight is 341 g/mol. The molecule has 1 aromatic heterocycles. The predicted octanol–water partition coefficient (Wildman–Crippen LogP) is 5.67. The first kappa shape index (κ1) is 15.4. The van der Waals surface area contributed by atoms with Crippen molar-refractivity contribution in [3.8, 4) is 17.3 Å². The van der Waals surface area contributed by atoms with Gasteiger partial charge in [0.05, 0.1) is 11.3 Å². The number of nitriles is 1. The highest BCUT2D eigenvalue weighted by Gasteiger charge is 2.09. The fraction of sp³-hybridized carbons (Fsp3) is 0. The van der Waals surface area contributed by atoms with Crippen molar-refractivity contribution < 1.29 is 4.39 Å². The van der Waals surface area contributed by atoms with Crippen LogP contribution >= 0.6 is 22.9 Å². The summed E-state index contributed by atoms with van der Waals surface area (Å²) in [6.45, 7) is 0. The minimum Gasteiger partial charge on any atom is -0.235 e. The molecular weight excluding hydrogens is 331 g/mol. The van der Waals surface area contributed by atoms with Gasteiger partial charge in [-0.25, -0.2) is 9.37 Å². The van der Waals surface area contributed by atoms with Crippen LogP contribution in [0, 0.1) is 17.1 Å². The maximum absolute atomic E-state index is 12.9. The Labute approximate surface area is 142 Å². The smallest absolute Gasteiger partial charge is 0.134 e. The molecule has 0 aliphatic carbocycles. The number of hydrogen-bond donors (Lipinski definition) is 0. The Morgan fingerprint density at radius 2 is 2.00 bits per heavy atom. The second-order valence-electron chi connectivity index (χ2n) is 4.77. The number of nitrogens with zero attached hydrogens (tertiary/aromatic N) is 2. The lowest BCUT2D eigenvalue weighted by molar-refractivity contribution is 0.628. The molecule has 0 saturated carbocycles. The molecule has 0 aliphatic rings. The number of thiazole rings is 1. The van der Waals surface area contributed by atoms with Gasteiger partial charge in [0.15, 0.2) is 0 Å². The zero-order valence-electron chi connectivity index (χ0n) is 11.8. The number of rotatable bonds is 3. The van der Waals surface area contributed by atoms with Crippen molar-refractivity contribution in [2.45, 2.75) is 0 Å². The third kappa shape index (κ3) is 3.65. The molecule has 3 aromatic rings. The molecule has 112 valence electrons. The van der Waals surface area contributed by atoms with Gasteiger partial charge in [-0.1, -0.05) is 35.9 Å². The van der Waals surface area contributed by atoms with Gasteiger partial charge in [0.25, 0.3) is 0 Å². The largest absolute Gasteiger partial charge is 0.235 e. The maximum atomic E-state index is 12.9. The van der Waals surface area contributed by atoms with Crippen LogP contribution in [-0.2, 0) is 0 Å². The summed E-state index contributed by atoms with van der Waals surface area (Å²) < 4.78 is 12.9. The summed E-state index contributed by atoms with van der Waals surface area (Å²) in [4.78, 5) is 4.50. The molecule has 0 aliphatic heterocycles. The van der Waals surface area contributed by atoms with E-state index in [1.54, 1.807) is 24.3 Å². The number of aromatic nitrogens is 1. The molecule has 0 bridgehead atoms. The van der Waals surface area contributed by atoms with Crippen LogP contribution in [0.3, 0.4) is 0 Å². The number of allylic oxidation sites excluding steroid dienone is 1. The van der Waals surface area contributed by atoms with Crippen molar-refractivity contribution in [2.75, 3.05) is 0 Å². The first-order valence-electron chi connectivity index (χ1n) is 6.75. The lowest BCUT2D eigenvalue weighted by atomic mass is 10.1.